The highest BCUT2D eigenvalue weighted by Crippen LogP contribution is 2.35. The lowest BCUT2D eigenvalue weighted by Crippen LogP contribution is -2.43. The third kappa shape index (κ3) is 3.22. The Kier molecular flexibility index (Phi) is 5.24. The molecule has 134 valence electrons. The van der Waals surface area contributed by atoms with Crippen LogP contribution in [-0.4, -0.2) is 52.1 Å². The van der Waals surface area contributed by atoms with E-state index in [0.29, 0.717) is 54.5 Å². The van der Waals surface area contributed by atoms with E-state index in [1.165, 1.54) is 0 Å². The molecule has 0 aliphatic carbocycles. The number of halogens is 1. The van der Waals surface area contributed by atoms with E-state index >= 15 is 0 Å². The summed E-state index contributed by atoms with van der Waals surface area (Å²) in [5.41, 5.74) is 0. The van der Waals surface area contributed by atoms with Gasteiger partial charge in [-0.3, -0.25) is 0 Å². The normalized spacial score (nSPS) is 27.0. The number of sulfonamides is 1. The van der Waals surface area contributed by atoms with Gasteiger partial charge < -0.3 is 14.8 Å². The van der Waals surface area contributed by atoms with E-state index < -0.39 is 10.0 Å². The lowest BCUT2D eigenvalue weighted by atomic mass is 9.90. The van der Waals surface area contributed by atoms with E-state index in [-0.39, 0.29) is 12.4 Å². The van der Waals surface area contributed by atoms with Gasteiger partial charge in [0.2, 0.25) is 10.0 Å². The van der Waals surface area contributed by atoms with Crippen molar-refractivity contribution in [1.82, 2.24) is 9.62 Å². The number of nitrogens with zero attached hydrogens (tertiary/aromatic N) is 1. The zero-order valence-electron chi connectivity index (χ0n) is 13.4. The quantitative estimate of drug-likeness (QED) is 0.849. The second-order valence-corrected chi connectivity index (χ2v) is 8.43. The number of piperidine rings is 1. The molecule has 4 rings (SSSR count). The van der Waals surface area contributed by atoms with Crippen LogP contribution < -0.4 is 14.8 Å². The van der Waals surface area contributed by atoms with E-state index in [1.807, 2.05) is 0 Å². The molecule has 2 atom stereocenters. The Bertz CT molecular complexity index is 697. The molecule has 1 aromatic carbocycles. The number of benzene rings is 1. The molecule has 1 N–H and O–H groups in total. The van der Waals surface area contributed by atoms with E-state index in [0.717, 1.165) is 25.9 Å². The first-order valence-corrected chi connectivity index (χ1v) is 9.69. The van der Waals surface area contributed by atoms with Crippen LogP contribution in [0, 0.1) is 11.8 Å². The molecule has 6 nitrogen and oxygen atoms in total. The van der Waals surface area contributed by atoms with Crippen molar-refractivity contribution in [2.75, 3.05) is 39.4 Å². The summed E-state index contributed by atoms with van der Waals surface area (Å²) in [6.45, 7) is 4.28. The first kappa shape index (κ1) is 17.8. The van der Waals surface area contributed by atoms with Gasteiger partial charge in [0.25, 0.3) is 0 Å². The minimum atomic E-state index is -3.48. The van der Waals surface area contributed by atoms with Crippen molar-refractivity contribution in [3.05, 3.63) is 18.2 Å². The molecule has 0 bridgehead atoms. The summed E-state index contributed by atoms with van der Waals surface area (Å²) in [6.07, 6.45) is 1.74. The number of fused-ring (bicyclic) bond motifs is 2. The van der Waals surface area contributed by atoms with Crippen LogP contribution >= 0.6 is 12.4 Å². The van der Waals surface area contributed by atoms with Gasteiger partial charge in [-0.1, -0.05) is 0 Å². The molecule has 3 heterocycles. The molecule has 0 spiro atoms. The predicted octanol–water partition coefficient (Wildman–Crippen LogP) is 1.50. The fourth-order valence-corrected chi connectivity index (χ4v) is 5.20. The second kappa shape index (κ2) is 7.07. The Labute approximate surface area is 149 Å². The standard InChI is InChI=1S/C16H22N2O4S.ClH/c19-23(20,18-5-4-12-9-17-10-13(12)11-18)14-2-3-15-16(8-14)22-7-1-6-21-15;/h2-3,8,12-13,17H,1,4-7,9-11H2;1H. The number of hydrogen-bond donors (Lipinski definition) is 1. The maximum absolute atomic E-state index is 13.0. The lowest BCUT2D eigenvalue weighted by Gasteiger charge is -2.33. The maximum atomic E-state index is 13.0. The molecule has 8 heteroatoms. The molecule has 0 amide bonds. The Morgan fingerprint density at radius 2 is 1.83 bits per heavy atom. The first-order valence-electron chi connectivity index (χ1n) is 8.25. The van der Waals surface area contributed by atoms with Crippen molar-refractivity contribution in [2.45, 2.75) is 17.7 Å². The maximum Gasteiger partial charge on any atom is 0.243 e. The van der Waals surface area contributed by atoms with Crippen LogP contribution in [0.15, 0.2) is 23.1 Å². The van der Waals surface area contributed by atoms with Gasteiger partial charge in [0.15, 0.2) is 11.5 Å². The second-order valence-electron chi connectivity index (χ2n) is 6.49. The van der Waals surface area contributed by atoms with E-state index in [9.17, 15) is 8.42 Å². The average Bonchev–Trinajstić information content (AvgIpc) is 2.90. The highest BCUT2D eigenvalue weighted by molar-refractivity contribution is 7.89. The van der Waals surface area contributed by atoms with Gasteiger partial charge in [-0.2, -0.15) is 4.31 Å². The summed E-state index contributed by atoms with van der Waals surface area (Å²) in [6, 6.07) is 4.94. The Balaban J connectivity index is 0.00000169. The molecule has 2 saturated heterocycles. The molecule has 2 fully saturated rings. The number of nitrogens with one attached hydrogen (secondary N) is 1. The molecule has 3 aliphatic rings. The van der Waals surface area contributed by atoms with Crippen molar-refractivity contribution in [1.29, 1.82) is 0 Å². The zero-order chi connectivity index (χ0) is 15.9. The molecular formula is C16H23ClN2O4S. The Morgan fingerprint density at radius 3 is 2.67 bits per heavy atom. The third-order valence-electron chi connectivity index (χ3n) is 5.02. The molecule has 0 radical (unpaired) electrons. The van der Waals surface area contributed by atoms with Crippen LogP contribution in [0.5, 0.6) is 11.5 Å². The highest BCUT2D eigenvalue weighted by Gasteiger charge is 2.38. The van der Waals surface area contributed by atoms with Crippen LogP contribution in [0.1, 0.15) is 12.8 Å². The molecule has 0 saturated carbocycles. The van der Waals surface area contributed by atoms with Gasteiger partial charge in [0.1, 0.15) is 0 Å². The van der Waals surface area contributed by atoms with Crippen LogP contribution in [0.2, 0.25) is 0 Å². The van der Waals surface area contributed by atoms with Gasteiger partial charge in [0, 0.05) is 25.6 Å². The highest BCUT2D eigenvalue weighted by atomic mass is 35.5. The van der Waals surface area contributed by atoms with E-state index in [1.54, 1.807) is 22.5 Å². The molecule has 3 aliphatic heterocycles. The largest absolute Gasteiger partial charge is 0.490 e. The predicted molar refractivity (Wildman–Crippen MR) is 92.5 cm³/mol. The van der Waals surface area contributed by atoms with E-state index in [2.05, 4.69) is 5.32 Å². The molecule has 24 heavy (non-hydrogen) atoms. The van der Waals surface area contributed by atoms with Gasteiger partial charge in [-0.15, -0.1) is 12.4 Å². The summed E-state index contributed by atoms with van der Waals surface area (Å²) in [4.78, 5) is 0.297. The number of hydrogen-bond acceptors (Lipinski definition) is 5. The van der Waals surface area contributed by atoms with Gasteiger partial charge in [-0.25, -0.2) is 8.42 Å². The summed E-state index contributed by atoms with van der Waals surface area (Å²) in [5, 5.41) is 3.37. The fourth-order valence-electron chi connectivity index (χ4n) is 3.67. The van der Waals surface area contributed by atoms with Crippen molar-refractivity contribution in [3.8, 4) is 11.5 Å². The lowest BCUT2D eigenvalue weighted by molar-refractivity contribution is 0.228. The van der Waals surface area contributed by atoms with Crippen LogP contribution in [0.3, 0.4) is 0 Å². The zero-order valence-corrected chi connectivity index (χ0v) is 15.1. The summed E-state index contributed by atoms with van der Waals surface area (Å²) < 4.78 is 38.7. The van der Waals surface area contributed by atoms with Crippen LogP contribution in [-0.2, 0) is 10.0 Å². The summed E-state index contributed by atoms with van der Waals surface area (Å²) >= 11 is 0. The van der Waals surface area contributed by atoms with Gasteiger partial charge >= 0.3 is 0 Å². The minimum Gasteiger partial charge on any atom is -0.490 e. The smallest absolute Gasteiger partial charge is 0.243 e. The summed E-state index contributed by atoms with van der Waals surface area (Å²) in [5.74, 6) is 2.20. The van der Waals surface area contributed by atoms with Crippen molar-refractivity contribution >= 4 is 22.4 Å². The molecular weight excluding hydrogens is 352 g/mol. The van der Waals surface area contributed by atoms with Gasteiger partial charge in [-0.05, 0) is 43.5 Å². The van der Waals surface area contributed by atoms with Crippen LogP contribution in [0.4, 0.5) is 0 Å². The fraction of sp³-hybridized carbons (Fsp3) is 0.625. The van der Waals surface area contributed by atoms with Crippen molar-refractivity contribution in [3.63, 3.8) is 0 Å². The minimum absolute atomic E-state index is 0. The number of rotatable bonds is 2. The SMILES string of the molecule is Cl.O=S(=O)(c1ccc2c(c1)OCCCO2)N1CCC2CNCC2C1. The first-order chi connectivity index (χ1) is 11.1. The molecule has 1 aromatic rings. The number of ether oxygens (including phenoxy) is 2. The topological polar surface area (TPSA) is 67.9 Å². The summed E-state index contributed by atoms with van der Waals surface area (Å²) in [7, 11) is -3.48. The molecule has 0 aromatic heterocycles. The van der Waals surface area contributed by atoms with Crippen molar-refractivity contribution in [2.24, 2.45) is 11.8 Å². The third-order valence-corrected chi connectivity index (χ3v) is 6.89. The van der Waals surface area contributed by atoms with E-state index in [4.69, 9.17) is 9.47 Å². The Morgan fingerprint density at radius 1 is 1.08 bits per heavy atom. The molecule has 2 unspecified atom stereocenters. The Hall–Kier alpha value is -1.02. The van der Waals surface area contributed by atoms with Crippen LogP contribution in [0.25, 0.3) is 0 Å². The van der Waals surface area contributed by atoms with Crippen molar-refractivity contribution < 1.29 is 17.9 Å². The average molecular weight is 375 g/mol. The monoisotopic (exact) mass is 374 g/mol. The van der Waals surface area contributed by atoms with Gasteiger partial charge in [0.05, 0.1) is 18.1 Å².